The maximum absolute atomic E-state index is 10.7. The summed E-state index contributed by atoms with van der Waals surface area (Å²) in [5, 5.41) is 15.3. The Balaban J connectivity index is 2.06. The molecule has 0 spiro atoms. The molecule has 0 radical (unpaired) electrons. The summed E-state index contributed by atoms with van der Waals surface area (Å²) in [5.74, 6) is 0.822. The van der Waals surface area contributed by atoms with E-state index in [4.69, 9.17) is 0 Å². The Bertz CT molecular complexity index is 751. The molecule has 0 unspecified atom stereocenters. The number of benzene rings is 1. The van der Waals surface area contributed by atoms with Gasteiger partial charge in [0.25, 0.3) is 0 Å². The van der Waals surface area contributed by atoms with Crippen molar-refractivity contribution in [1.29, 1.82) is 0 Å². The number of nitrogens with zero attached hydrogens (tertiary/aromatic N) is 3. The first kappa shape index (κ1) is 15.3. The molecule has 2 aromatic heterocycles. The summed E-state index contributed by atoms with van der Waals surface area (Å²) in [6.07, 6.45) is 5.85. The molecule has 23 heavy (non-hydrogen) atoms. The first-order chi connectivity index (χ1) is 11.3. The lowest BCUT2D eigenvalue weighted by Crippen LogP contribution is -1.98. The van der Waals surface area contributed by atoms with Crippen LogP contribution in [0.1, 0.15) is 31.7 Å². The van der Waals surface area contributed by atoms with Crippen LogP contribution >= 0.6 is 0 Å². The fourth-order valence-electron chi connectivity index (χ4n) is 2.69. The number of aromatic nitrogens is 3. The zero-order chi connectivity index (χ0) is 16.1. The first-order valence-corrected chi connectivity index (χ1v) is 8.09. The smallest absolute Gasteiger partial charge is 0.219 e. The average molecular weight is 307 g/mol. The molecule has 0 atom stereocenters. The van der Waals surface area contributed by atoms with E-state index < -0.39 is 0 Å². The summed E-state index contributed by atoms with van der Waals surface area (Å²) in [6.45, 7) is 2.18. The van der Waals surface area contributed by atoms with Crippen LogP contribution in [-0.4, -0.2) is 19.9 Å². The molecule has 4 nitrogen and oxygen atoms in total. The summed E-state index contributed by atoms with van der Waals surface area (Å²) in [7, 11) is 0. The largest absolute Gasteiger partial charge is 0.493 e. The Hall–Kier alpha value is -2.62. The molecule has 0 amide bonds. The summed E-state index contributed by atoms with van der Waals surface area (Å²) < 4.78 is 1.53. The normalized spacial score (nSPS) is 10.8. The molecular weight excluding hydrogens is 286 g/mol. The summed E-state index contributed by atoms with van der Waals surface area (Å²) in [4.78, 5) is 4.29. The molecule has 3 aromatic rings. The van der Waals surface area contributed by atoms with Crippen molar-refractivity contribution in [2.45, 2.75) is 32.6 Å². The van der Waals surface area contributed by atoms with Crippen LogP contribution in [0.25, 0.3) is 17.1 Å². The predicted molar refractivity (Wildman–Crippen MR) is 91.7 cm³/mol. The SMILES string of the molecule is CCCCCc1c(-c2ccccc2)nn(-c2ccccn2)c1O. The minimum Gasteiger partial charge on any atom is -0.493 e. The Kier molecular flexibility index (Phi) is 4.71. The third-order valence-electron chi connectivity index (χ3n) is 3.90. The van der Waals surface area contributed by atoms with Gasteiger partial charge in [0, 0.05) is 17.3 Å². The second-order valence-corrected chi connectivity index (χ2v) is 5.57. The second kappa shape index (κ2) is 7.09. The molecule has 0 aliphatic carbocycles. The van der Waals surface area contributed by atoms with Crippen LogP contribution in [0.15, 0.2) is 54.7 Å². The monoisotopic (exact) mass is 307 g/mol. The zero-order valence-electron chi connectivity index (χ0n) is 13.3. The van der Waals surface area contributed by atoms with Gasteiger partial charge in [0.1, 0.15) is 0 Å². The molecule has 1 N–H and O–H groups in total. The highest BCUT2D eigenvalue weighted by Crippen LogP contribution is 2.32. The van der Waals surface area contributed by atoms with E-state index in [1.54, 1.807) is 6.20 Å². The Morgan fingerprint density at radius 1 is 1.00 bits per heavy atom. The van der Waals surface area contributed by atoms with E-state index >= 15 is 0 Å². The summed E-state index contributed by atoms with van der Waals surface area (Å²) in [6, 6.07) is 15.6. The molecule has 2 heterocycles. The van der Waals surface area contributed by atoms with E-state index in [0.717, 1.165) is 42.5 Å². The van der Waals surface area contributed by atoms with Crippen molar-refractivity contribution in [1.82, 2.24) is 14.8 Å². The van der Waals surface area contributed by atoms with Gasteiger partial charge in [-0.25, -0.2) is 4.98 Å². The van der Waals surface area contributed by atoms with Gasteiger partial charge < -0.3 is 5.11 Å². The van der Waals surface area contributed by atoms with Crippen LogP contribution in [0, 0.1) is 0 Å². The Labute approximate surface area is 136 Å². The van der Waals surface area contributed by atoms with Crippen molar-refractivity contribution in [3.8, 4) is 23.0 Å². The van der Waals surface area contributed by atoms with Gasteiger partial charge in [0.05, 0.1) is 5.69 Å². The molecule has 0 aliphatic rings. The van der Waals surface area contributed by atoms with Crippen molar-refractivity contribution in [2.75, 3.05) is 0 Å². The van der Waals surface area contributed by atoms with Crippen LogP contribution in [-0.2, 0) is 6.42 Å². The van der Waals surface area contributed by atoms with Crippen LogP contribution in [0.2, 0.25) is 0 Å². The number of hydrogen-bond donors (Lipinski definition) is 1. The molecule has 0 bridgehead atoms. The zero-order valence-corrected chi connectivity index (χ0v) is 13.3. The third kappa shape index (κ3) is 3.26. The van der Waals surface area contributed by atoms with E-state index in [1.165, 1.54) is 4.68 Å². The Morgan fingerprint density at radius 2 is 1.78 bits per heavy atom. The highest BCUT2D eigenvalue weighted by Gasteiger charge is 2.19. The fraction of sp³-hybridized carbons (Fsp3) is 0.263. The van der Waals surface area contributed by atoms with E-state index in [-0.39, 0.29) is 5.88 Å². The Morgan fingerprint density at radius 3 is 2.48 bits per heavy atom. The van der Waals surface area contributed by atoms with E-state index in [2.05, 4.69) is 17.0 Å². The number of pyridine rings is 1. The van der Waals surface area contributed by atoms with Gasteiger partial charge in [-0.3, -0.25) is 0 Å². The number of rotatable bonds is 6. The molecule has 0 fully saturated rings. The van der Waals surface area contributed by atoms with Crippen molar-refractivity contribution >= 4 is 0 Å². The highest BCUT2D eigenvalue weighted by atomic mass is 16.3. The fourth-order valence-corrected chi connectivity index (χ4v) is 2.69. The third-order valence-corrected chi connectivity index (χ3v) is 3.90. The predicted octanol–water partition coefficient (Wildman–Crippen LogP) is 4.37. The number of aromatic hydroxyl groups is 1. The second-order valence-electron chi connectivity index (χ2n) is 5.57. The van der Waals surface area contributed by atoms with Crippen molar-refractivity contribution in [3.05, 3.63) is 60.3 Å². The minimum atomic E-state index is 0.193. The molecule has 118 valence electrons. The van der Waals surface area contributed by atoms with Crippen molar-refractivity contribution in [2.24, 2.45) is 0 Å². The van der Waals surface area contributed by atoms with Crippen LogP contribution < -0.4 is 0 Å². The average Bonchev–Trinajstić information content (AvgIpc) is 2.94. The minimum absolute atomic E-state index is 0.193. The van der Waals surface area contributed by atoms with E-state index in [0.29, 0.717) is 5.82 Å². The molecule has 4 heteroatoms. The number of hydrogen-bond acceptors (Lipinski definition) is 3. The van der Waals surface area contributed by atoms with Crippen LogP contribution in [0.4, 0.5) is 0 Å². The summed E-state index contributed by atoms with van der Waals surface area (Å²) in [5.41, 5.74) is 2.75. The molecule has 0 saturated carbocycles. The molecule has 1 aromatic carbocycles. The van der Waals surface area contributed by atoms with Gasteiger partial charge in [-0.05, 0) is 25.0 Å². The van der Waals surface area contributed by atoms with Gasteiger partial charge >= 0.3 is 0 Å². The lowest BCUT2D eigenvalue weighted by Gasteiger charge is -2.03. The van der Waals surface area contributed by atoms with Crippen molar-refractivity contribution < 1.29 is 5.11 Å². The maximum Gasteiger partial charge on any atom is 0.219 e. The van der Waals surface area contributed by atoms with Gasteiger partial charge in [-0.2, -0.15) is 9.78 Å². The lowest BCUT2D eigenvalue weighted by atomic mass is 10.0. The lowest BCUT2D eigenvalue weighted by molar-refractivity contribution is 0.425. The molecule has 0 saturated heterocycles. The molecule has 0 aliphatic heterocycles. The molecular formula is C19H21N3O. The highest BCUT2D eigenvalue weighted by molar-refractivity contribution is 5.66. The first-order valence-electron chi connectivity index (χ1n) is 8.09. The van der Waals surface area contributed by atoms with Crippen molar-refractivity contribution in [3.63, 3.8) is 0 Å². The van der Waals surface area contributed by atoms with E-state index in [1.807, 2.05) is 48.5 Å². The summed E-state index contributed by atoms with van der Waals surface area (Å²) >= 11 is 0. The molecule has 3 rings (SSSR count). The van der Waals surface area contributed by atoms with Gasteiger partial charge in [0.15, 0.2) is 5.82 Å². The van der Waals surface area contributed by atoms with Crippen LogP contribution in [0.5, 0.6) is 5.88 Å². The quantitative estimate of drug-likeness (QED) is 0.688. The standard InChI is InChI=1S/C19H21N3O/c1-2-3-5-12-16-18(15-10-6-4-7-11-15)21-22(19(16)23)17-13-8-9-14-20-17/h4,6-11,13-14,23H,2-3,5,12H2,1H3. The van der Waals surface area contributed by atoms with E-state index in [9.17, 15) is 5.11 Å². The van der Waals surface area contributed by atoms with Gasteiger partial charge in [-0.15, -0.1) is 0 Å². The van der Waals surface area contributed by atoms with Gasteiger partial charge in [-0.1, -0.05) is 56.2 Å². The number of unbranched alkanes of at least 4 members (excludes halogenated alkanes) is 2. The van der Waals surface area contributed by atoms with Gasteiger partial charge in [0.2, 0.25) is 5.88 Å². The topological polar surface area (TPSA) is 50.9 Å². The van der Waals surface area contributed by atoms with Crippen LogP contribution in [0.3, 0.4) is 0 Å². The maximum atomic E-state index is 10.7.